The number of rotatable bonds is 9. The van der Waals surface area contributed by atoms with Crippen LogP contribution in [0.25, 0.3) is 0 Å². The van der Waals surface area contributed by atoms with Gasteiger partial charge < -0.3 is 24.1 Å². The lowest BCUT2D eigenvalue weighted by molar-refractivity contribution is -0.116. The number of methoxy groups -OCH3 is 3. The molecule has 0 fully saturated rings. The van der Waals surface area contributed by atoms with Crippen molar-refractivity contribution in [1.29, 1.82) is 0 Å². The highest BCUT2D eigenvalue weighted by molar-refractivity contribution is 8.00. The Morgan fingerprint density at radius 1 is 1.16 bits per heavy atom. The fraction of sp³-hybridized carbons (Fsp3) is 0.286. The monoisotopic (exact) mass is 461 g/mol. The zero-order valence-corrected chi connectivity index (χ0v) is 19.3. The first-order valence-electron chi connectivity index (χ1n) is 9.27. The molecule has 0 aliphatic rings. The summed E-state index contributed by atoms with van der Waals surface area (Å²) in [5.41, 5.74) is 1.90. The fourth-order valence-corrected chi connectivity index (χ4v) is 4.65. The summed E-state index contributed by atoms with van der Waals surface area (Å²) in [7, 11) is 4.50. The molecule has 10 heteroatoms. The number of amides is 1. The van der Waals surface area contributed by atoms with Crippen molar-refractivity contribution in [3.63, 3.8) is 0 Å². The summed E-state index contributed by atoms with van der Waals surface area (Å²) in [5.74, 6) is 1.49. The van der Waals surface area contributed by atoms with E-state index in [0.29, 0.717) is 28.6 Å². The number of benzene rings is 1. The number of thiazole rings is 1. The molecule has 2 aromatic heterocycles. The van der Waals surface area contributed by atoms with Gasteiger partial charge in [-0.05, 0) is 19.1 Å². The smallest absolute Gasteiger partial charge is 0.244 e. The van der Waals surface area contributed by atoms with Crippen LogP contribution in [0, 0.1) is 6.92 Å². The third-order valence-corrected chi connectivity index (χ3v) is 6.51. The van der Waals surface area contributed by atoms with E-state index in [1.807, 2.05) is 12.3 Å². The average Bonchev–Trinajstić information content (AvgIpc) is 3.18. The second-order valence-electron chi connectivity index (χ2n) is 6.48. The number of pyridine rings is 1. The van der Waals surface area contributed by atoms with Crippen LogP contribution < -0.4 is 25.0 Å². The normalized spacial score (nSPS) is 10.6. The molecule has 0 saturated heterocycles. The van der Waals surface area contributed by atoms with Gasteiger partial charge in [0, 0.05) is 34.7 Å². The summed E-state index contributed by atoms with van der Waals surface area (Å²) in [4.78, 5) is 29.5. The topological polar surface area (TPSA) is 91.7 Å². The maximum Gasteiger partial charge on any atom is 0.244 e. The molecule has 0 spiro atoms. The molecule has 1 N–H and O–H groups in total. The summed E-state index contributed by atoms with van der Waals surface area (Å²) in [6.45, 7) is 1.92. The zero-order chi connectivity index (χ0) is 22.4. The summed E-state index contributed by atoms with van der Waals surface area (Å²) in [5, 5.41) is 4.81. The number of nitrogens with zero attached hydrogens (tertiary/aromatic N) is 2. The quantitative estimate of drug-likeness (QED) is 0.487. The number of carbonyl (C=O) groups is 1. The van der Waals surface area contributed by atoms with Crippen LogP contribution in [0.15, 0.2) is 45.0 Å². The molecule has 0 aliphatic heterocycles. The van der Waals surface area contributed by atoms with Gasteiger partial charge in [0.1, 0.15) is 22.4 Å². The van der Waals surface area contributed by atoms with Crippen molar-refractivity contribution in [2.24, 2.45) is 0 Å². The van der Waals surface area contributed by atoms with Crippen molar-refractivity contribution in [2.75, 3.05) is 26.6 Å². The lowest BCUT2D eigenvalue weighted by atomic mass is 10.2. The van der Waals surface area contributed by atoms with Crippen LogP contribution in [-0.2, 0) is 17.1 Å². The van der Waals surface area contributed by atoms with Gasteiger partial charge in [-0.2, -0.15) is 0 Å². The Bertz CT molecular complexity index is 1130. The number of aryl methyl sites for hydroxylation is 1. The molecule has 3 aromatic rings. The molecule has 164 valence electrons. The van der Waals surface area contributed by atoms with Gasteiger partial charge in [-0.25, -0.2) is 4.98 Å². The van der Waals surface area contributed by atoms with Crippen molar-refractivity contribution in [3.8, 4) is 17.2 Å². The van der Waals surface area contributed by atoms with Gasteiger partial charge in [-0.1, -0.05) is 11.8 Å². The van der Waals surface area contributed by atoms with Crippen LogP contribution in [-0.4, -0.2) is 36.8 Å². The summed E-state index contributed by atoms with van der Waals surface area (Å²) < 4.78 is 18.3. The number of hydrogen-bond acceptors (Lipinski definition) is 8. The molecular formula is C21H23N3O5S2. The van der Waals surface area contributed by atoms with E-state index in [-0.39, 0.29) is 23.6 Å². The van der Waals surface area contributed by atoms with E-state index in [0.717, 1.165) is 10.0 Å². The van der Waals surface area contributed by atoms with Crippen molar-refractivity contribution in [3.05, 3.63) is 57.5 Å². The van der Waals surface area contributed by atoms with Gasteiger partial charge in [0.15, 0.2) is 5.75 Å². The standard InChI is InChI=1S/C21H23N3O5S2/c1-13-11-30-21(22-13)31-12-14-7-17(25)19(29-4)9-24(14)10-20(26)23-16-8-15(27-2)5-6-18(16)28-3/h5-9,11H,10,12H2,1-4H3,(H,23,26). The van der Waals surface area contributed by atoms with Gasteiger partial charge in [-0.15, -0.1) is 11.3 Å². The predicted molar refractivity (Wildman–Crippen MR) is 122 cm³/mol. The Morgan fingerprint density at radius 3 is 2.58 bits per heavy atom. The molecule has 8 nitrogen and oxygen atoms in total. The Labute approximate surface area is 188 Å². The molecule has 3 rings (SSSR count). The Morgan fingerprint density at radius 2 is 1.94 bits per heavy atom. The van der Waals surface area contributed by atoms with E-state index in [1.54, 1.807) is 47.4 Å². The van der Waals surface area contributed by atoms with Gasteiger partial charge >= 0.3 is 0 Å². The molecule has 0 bridgehead atoms. The summed E-state index contributed by atoms with van der Waals surface area (Å²) >= 11 is 3.06. The number of aromatic nitrogens is 2. The van der Waals surface area contributed by atoms with Crippen LogP contribution in [0.1, 0.15) is 11.4 Å². The third kappa shape index (κ3) is 5.80. The largest absolute Gasteiger partial charge is 0.497 e. The Balaban J connectivity index is 1.82. The van der Waals surface area contributed by atoms with Crippen molar-refractivity contribution >= 4 is 34.7 Å². The molecule has 31 heavy (non-hydrogen) atoms. The van der Waals surface area contributed by atoms with Crippen LogP contribution in [0.5, 0.6) is 17.2 Å². The van der Waals surface area contributed by atoms with Crippen LogP contribution >= 0.6 is 23.1 Å². The molecule has 0 saturated carbocycles. The maximum atomic E-state index is 12.8. The number of carbonyl (C=O) groups excluding carboxylic acids is 1. The second-order valence-corrected chi connectivity index (χ2v) is 8.56. The lowest BCUT2D eigenvalue weighted by Gasteiger charge is -2.16. The Kier molecular flexibility index (Phi) is 7.59. The average molecular weight is 462 g/mol. The van der Waals surface area contributed by atoms with Crippen LogP contribution in [0.2, 0.25) is 0 Å². The third-order valence-electron chi connectivity index (χ3n) is 4.34. The highest BCUT2D eigenvalue weighted by atomic mass is 32.2. The van der Waals surface area contributed by atoms with Gasteiger partial charge in [0.05, 0.1) is 33.2 Å². The van der Waals surface area contributed by atoms with E-state index in [9.17, 15) is 9.59 Å². The van der Waals surface area contributed by atoms with Crippen LogP contribution in [0.3, 0.4) is 0 Å². The fourth-order valence-electron chi connectivity index (χ4n) is 2.81. The van der Waals surface area contributed by atoms with Crippen molar-refractivity contribution in [2.45, 2.75) is 23.6 Å². The number of nitrogens with one attached hydrogen (secondary N) is 1. The molecule has 0 unspecified atom stereocenters. The van der Waals surface area contributed by atoms with E-state index < -0.39 is 0 Å². The molecule has 0 atom stereocenters. The molecular weight excluding hydrogens is 438 g/mol. The van der Waals surface area contributed by atoms with E-state index in [1.165, 1.54) is 32.0 Å². The number of hydrogen-bond donors (Lipinski definition) is 1. The van der Waals surface area contributed by atoms with Gasteiger partial charge in [0.25, 0.3) is 0 Å². The van der Waals surface area contributed by atoms with Gasteiger partial charge in [-0.3, -0.25) is 9.59 Å². The lowest BCUT2D eigenvalue weighted by Crippen LogP contribution is -2.23. The highest BCUT2D eigenvalue weighted by Gasteiger charge is 2.14. The minimum atomic E-state index is -0.284. The zero-order valence-electron chi connectivity index (χ0n) is 17.6. The van der Waals surface area contributed by atoms with Gasteiger partial charge in [0.2, 0.25) is 11.3 Å². The highest BCUT2D eigenvalue weighted by Crippen LogP contribution is 2.29. The first-order chi connectivity index (χ1) is 14.9. The van der Waals surface area contributed by atoms with E-state index in [4.69, 9.17) is 14.2 Å². The van der Waals surface area contributed by atoms with Crippen LogP contribution in [0.4, 0.5) is 5.69 Å². The maximum absolute atomic E-state index is 12.8. The van der Waals surface area contributed by atoms with E-state index >= 15 is 0 Å². The SMILES string of the molecule is COc1ccc(OC)c(NC(=O)Cn2cc(OC)c(=O)cc2CSc2nc(C)cs2)c1. The first-order valence-corrected chi connectivity index (χ1v) is 11.1. The molecule has 2 heterocycles. The van der Waals surface area contributed by atoms with Crippen molar-refractivity contribution in [1.82, 2.24) is 9.55 Å². The van der Waals surface area contributed by atoms with E-state index in [2.05, 4.69) is 10.3 Å². The molecule has 1 amide bonds. The molecule has 0 aliphatic carbocycles. The van der Waals surface area contributed by atoms with Crippen molar-refractivity contribution < 1.29 is 19.0 Å². The minimum Gasteiger partial charge on any atom is -0.497 e. The molecule has 0 radical (unpaired) electrons. The first kappa shape index (κ1) is 22.7. The number of ether oxygens (including phenoxy) is 3. The number of thioether (sulfide) groups is 1. The minimum absolute atomic E-state index is 0.0101. The summed E-state index contributed by atoms with van der Waals surface area (Å²) in [6.07, 6.45) is 1.55. The number of anilines is 1. The summed E-state index contributed by atoms with van der Waals surface area (Å²) in [6, 6.07) is 6.64. The molecule has 1 aromatic carbocycles. The second kappa shape index (κ2) is 10.4. The Hall–Kier alpha value is -2.98. The predicted octanol–water partition coefficient (Wildman–Crippen LogP) is 3.57.